The van der Waals surface area contributed by atoms with Crippen molar-refractivity contribution in [1.82, 2.24) is 10.3 Å². The highest BCUT2D eigenvalue weighted by Crippen LogP contribution is 2.65. The Balaban J connectivity index is 1.40. The van der Waals surface area contributed by atoms with E-state index in [-0.39, 0.29) is 0 Å². The molecule has 3 heteroatoms. The van der Waals surface area contributed by atoms with Crippen LogP contribution in [0.3, 0.4) is 0 Å². The summed E-state index contributed by atoms with van der Waals surface area (Å²) in [5, 5.41) is 3.74. The van der Waals surface area contributed by atoms with Gasteiger partial charge in [-0.1, -0.05) is 0 Å². The Bertz CT molecular complexity index is 486. The molecule has 0 aromatic carbocycles. The molecule has 1 aromatic rings. The number of nitrogens with zero attached hydrogens (tertiary/aromatic N) is 1. The van der Waals surface area contributed by atoms with Gasteiger partial charge in [-0.3, -0.25) is 4.98 Å². The number of hydrogen-bond donors (Lipinski definition) is 1. The van der Waals surface area contributed by atoms with Crippen LogP contribution >= 0.6 is 0 Å². The van der Waals surface area contributed by atoms with Crippen LogP contribution in [0.15, 0.2) is 12.1 Å². The van der Waals surface area contributed by atoms with Gasteiger partial charge in [-0.15, -0.1) is 0 Å². The number of methoxy groups -OCH3 is 1. The molecular weight excluding hydrogens is 236 g/mol. The van der Waals surface area contributed by atoms with E-state index in [0.29, 0.717) is 0 Å². The lowest BCUT2D eigenvalue weighted by Crippen LogP contribution is -2.23. The van der Waals surface area contributed by atoms with Crippen LogP contribution < -0.4 is 10.1 Å². The fourth-order valence-electron chi connectivity index (χ4n) is 4.73. The lowest BCUT2D eigenvalue weighted by Gasteiger charge is -2.11. The van der Waals surface area contributed by atoms with E-state index in [9.17, 15) is 0 Å². The summed E-state index contributed by atoms with van der Waals surface area (Å²) >= 11 is 0. The van der Waals surface area contributed by atoms with Crippen molar-refractivity contribution < 1.29 is 4.74 Å². The Kier molecular flexibility index (Phi) is 2.59. The molecule has 3 saturated carbocycles. The van der Waals surface area contributed by atoms with E-state index in [1.54, 1.807) is 7.11 Å². The summed E-state index contributed by atoms with van der Waals surface area (Å²) in [5.74, 6) is 4.97. The Labute approximate surface area is 114 Å². The van der Waals surface area contributed by atoms with Gasteiger partial charge in [0.15, 0.2) is 0 Å². The van der Waals surface area contributed by atoms with Gasteiger partial charge in [0.2, 0.25) is 0 Å². The first-order valence-corrected chi connectivity index (χ1v) is 7.51. The topological polar surface area (TPSA) is 34.1 Å². The number of pyridine rings is 1. The number of fused-ring (bicyclic) bond motifs is 5. The molecule has 3 aliphatic rings. The van der Waals surface area contributed by atoms with Gasteiger partial charge in [0.25, 0.3) is 0 Å². The molecule has 2 bridgehead atoms. The minimum absolute atomic E-state index is 0.777. The average molecular weight is 258 g/mol. The van der Waals surface area contributed by atoms with Gasteiger partial charge in [0.1, 0.15) is 5.75 Å². The molecule has 1 heterocycles. The number of aromatic nitrogens is 1. The predicted molar refractivity (Wildman–Crippen MR) is 74.0 cm³/mol. The van der Waals surface area contributed by atoms with Gasteiger partial charge in [0, 0.05) is 30.4 Å². The van der Waals surface area contributed by atoms with Crippen molar-refractivity contribution in [3.63, 3.8) is 0 Å². The second-order valence-corrected chi connectivity index (χ2v) is 6.53. The van der Waals surface area contributed by atoms with E-state index in [1.165, 1.54) is 19.3 Å². The van der Waals surface area contributed by atoms with E-state index in [0.717, 1.165) is 53.4 Å². The third-order valence-corrected chi connectivity index (χ3v) is 5.47. The highest BCUT2D eigenvalue weighted by atomic mass is 16.5. The van der Waals surface area contributed by atoms with Gasteiger partial charge in [-0.25, -0.2) is 0 Å². The molecule has 19 heavy (non-hydrogen) atoms. The summed E-state index contributed by atoms with van der Waals surface area (Å²) in [4.78, 5) is 4.59. The van der Waals surface area contributed by atoms with E-state index in [2.05, 4.69) is 10.3 Å². The summed E-state index contributed by atoms with van der Waals surface area (Å²) < 4.78 is 5.31. The number of hydrogen-bond acceptors (Lipinski definition) is 3. The molecule has 0 saturated heterocycles. The maximum absolute atomic E-state index is 5.31. The molecule has 4 atom stereocenters. The molecule has 4 rings (SSSR count). The number of aryl methyl sites for hydroxylation is 1. The molecule has 0 spiro atoms. The normalized spacial score (nSPS) is 38.3. The second-order valence-electron chi connectivity index (χ2n) is 6.53. The fraction of sp³-hybridized carbons (Fsp3) is 0.688. The van der Waals surface area contributed by atoms with Crippen LogP contribution in [-0.2, 0) is 6.54 Å². The zero-order valence-electron chi connectivity index (χ0n) is 11.7. The molecule has 3 nitrogen and oxygen atoms in total. The van der Waals surface area contributed by atoms with Gasteiger partial charge in [-0.05, 0) is 49.9 Å². The molecule has 0 amide bonds. The van der Waals surface area contributed by atoms with E-state index in [1.807, 2.05) is 19.1 Å². The molecule has 0 radical (unpaired) electrons. The van der Waals surface area contributed by atoms with Crippen molar-refractivity contribution in [3.8, 4) is 5.75 Å². The number of rotatable bonds is 4. The Morgan fingerprint density at radius 2 is 2.00 bits per heavy atom. The predicted octanol–water partition coefficient (Wildman–Crippen LogP) is 2.53. The van der Waals surface area contributed by atoms with Crippen molar-refractivity contribution in [2.45, 2.75) is 38.8 Å². The van der Waals surface area contributed by atoms with Gasteiger partial charge < -0.3 is 10.1 Å². The highest BCUT2D eigenvalue weighted by molar-refractivity contribution is 5.27. The Morgan fingerprint density at radius 1 is 1.26 bits per heavy atom. The lowest BCUT2D eigenvalue weighted by atomic mass is 10.0. The summed E-state index contributed by atoms with van der Waals surface area (Å²) in [5.41, 5.74) is 2.14. The standard InChI is InChI=1S/C16H22N2O/c1-9-5-13(19-2)7-12(18-9)8-17-16-14-10-3-4-11(6-10)15(14)16/h5,7,10-11,14-17H,3-4,6,8H2,1-2H3. The first kappa shape index (κ1) is 11.7. The number of ether oxygens (including phenoxy) is 1. The molecule has 0 aliphatic heterocycles. The molecule has 102 valence electrons. The average Bonchev–Trinajstić information content (AvgIpc) is 2.79. The summed E-state index contributed by atoms with van der Waals surface area (Å²) in [7, 11) is 1.72. The van der Waals surface area contributed by atoms with Crippen molar-refractivity contribution in [1.29, 1.82) is 0 Å². The van der Waals surface area contributed by atoms with Crippen LogP contribution in [0.4, 0.5) is 0 Å². The molecule has 1 N–H and O–H groups in total. The molecule has 1 aromatic heterocycles. The van der Waals surface area contributed by atoms with Crippen LogP contribution in [-0.4, -0.2) is 18.1 Å². The van der Waals surface area contributed by atoms with Crippen molar-refractivity contribution in [2.75, 3.05) is 7.11 Å². The fourth-order valence-corrected chi connectivity index (χ4v) is 4.73. The highest BCUT2D eigenvalue weighted by Gasteiger charge is 2.64. The minimum Gasteiger partial charge on any atom is -0.497 e. The van der Waals surface area contributed by atoms with Crippen LogP contribution in [0.5, 0.6) is 5.75 Å². The minimum atomic E-state index is 0.777. The zero-order chi connectivity index (χ0) is 13.0. The first-order valence-electron chi connectivity index (χ1n) is 7.51. The van der Waals surface area contributed by atoms with E-state index < -0.39 is 0 Å². The van der Waals surface area contributed by atoms with Crippen molar-refractivity contribution in [3.05, 3.63) is 23.5 Å². The lowest BCUT2D eigenvalue weighted by molar-refractivity contribution is 0.412. The monoisotopic (exact) mass is 258 g/mol. The van der Waals surface area contributed by atoms with Crippen LogP contribution in [0, 0.1) is 30.6 Å². The Morgan fingerprint density at radius 3 is 2.68 bits per heavy atom. The summed E-state index contributed by atoms with van der Waals surface area (Å²) in [6.07, 6.45) is 4.49. The maximum Gasteiger partial charge on any atom is 0.122 e. The summed E-state index contributed by atoms with van der Waals surface area (Å²) in [6, 6.07) is 4.81. The maximum atomic E-state index is 5.31. The van der Waals surface area contributed by atoms with Gasteiger partial charge >= 0.3 is 0 Å². The quantitative estimate of drug-likeness (QED) is 0.901. The third-order valence-electron chi connectivity index (χ3n) is 5.47. The second kappa shape index (κ2) is 4.20. The molecule has 3 fully saturated rings. The van der Waals surface area contributed by atoms with Gasteiger partial charge in [0.05, 0.1) is 12.8 Å². The third kappa shape index (κ3) is 1.86. The van der Waals surface area contributed by atoms with Crippen LogP contribution in [0.25, 0.3) is 0 Å². The molecule has 4 unspecified atom stereocenters. The SMILES string of the molecule is COc1cc(C)nc(CNC2C3C4CCC(C4)C23)c1. The van der Waals surface area contributed by atoms with E-state index in [4.69, 9.17) is 4.74 Å². The van der Waals surface area contributed by atoms with E-state index >= 15 is 0 Å². The van der Waals surface area contributed by atoms with Crippen molar-refractivity contribution in [2.24, 2.45) is 23.7 Å². The van der Waals surface area contributed by atoms with Crippen LogP contribution in [0.1, 0.15) is 30.7 Å². The van der Waals surface area contributed by atoms with Gasteiger partial charge in [-0.2, -0.15) is 0 Å². The zero-order valence-corrected chi connectivity index (χ0v) is 11.7. The summed E-state index contributed by atoms with van der Waals surface area (Å²) in [6.45, 7) is 2.91. The number of nitrogens with one attached hydrogen (secondary N) is 1. The molecule has 3 aliphatic carbocycles. The van der Waals surface area contributed by atoms with Crippen LogP contribution in [0.2, 0.25) is 0 Å². The largest absolute Gasteiger partial charge is 0.497 e. The first-order chi connectivity index (χ1) is 9.26. The Hall–Kier alpha value is -1.09. The molecular formula is C16H22N2O. The smallest absolute Gasteiger partial charge is 0.122 e. The van der Waals surface area contributed by atoms with Crippen molar-refractivity contribution >= 4 is 0 Å².